The summed E-state index contributed by atoms with van der Waals surface area (Å²) >= 11 is 0. The van der Waals surface area contributed by atoms with Gasteiger partial charge in [-0.15, -0.1) is 0 Å². The first kappa shape index (κ1) is 16.7. The molecule has 0 bridgehead atoms. The Labute approximate surface area is 109 Å². The fourth-order valence-electron chi connectivity index (χ4n) is 2.15. The highest BCUT2D eigenvalue weighted by Crippen LogP contribution is 2.21. The van der Waals surface area contributed by atoms with Crippen LogP contribution < -0.4 is 5.73 Å². The smallest absolute Gasteiger partial charge is 0.00773 e. The van der Waals surface area contributed by atoms with E-state index in [9.17, 15) is 0 Å². The molecule has 0 aromatic heterocycles. The van der Waals surface area contributed by atoms with Crippen LogP contribution in [0.4, 0.5) is 0 Å². The summed E-state index contributed by atoms with van der Waals surface area (Å²) in [6.07, 6.45) is 18.4. The van der Waals surface area contributed by atoms with Crippen LogP contribution in [0.1, 0.15) is 78.1 Å². The zero-order valence-electron chi connectivity index (χ0n) is 12.1. The van der Waals surface area contributed by atoms with Crippen molar-refractivity contribution < 1.29 is 0 Å². The molecule has 0 amide bonds. The van der Waals surface area contributed by atoms with Gasteiger partial charge in [0.1, 0.15) is 0 Å². The van der Waals surface area contributed by atoms with Gasteiger partial charge in [-0.3, -0.25) is 0 Å². The molecule has 0 aliphatic heterocycles. The van der Waals surface area contributed by atoms with Gasteiger partial charge in [0, 0.05) is 0 Å². The molecule has 1 heteroatoms. The topological polar surface area (TPSA) is 26.0 Å². The Balaban J connectivity index is 0.000000366. The first-order valence-electron chi connectivity index (χ1n) is 7.71. The number of allylic oxidation sites excluding steroid dienone is 2. The molecular weight excluding hydrogens is 206 g/mol. The molecule has 1 rings (SSSR count). The second kappa shape index (κ2) is 13.8. The van der Waals surface area contributed by atoms with E-state index >= 15 is 0 Å². The molecule has 2 N–H and O–H groups in total. The lowest BCUT2D eigenvalue weighted by Gasteiger charge is -2.08. The minimum atomic E-state index is 0.855. The maximum absolute atomic E-state index is 5.21. The van der Waals surface area contributed by atoms with E-state index < -0.39 is 0 Å². The third kappa shape index (κ3) is 12.0. The highest BCUT2D eigenvalue weighted by atomic mass is 14.5. The predicted octanol–water partition coefficient (Wildman–Crippen LogP) is 5.06. The summed E-state index contributed by atoms with van der Waals surface area (Å²) in [4.78, 5) is 0. The Hall–Kier alpha value is -0.300. The van der Waals surface area contributed by atoms with E-state index in [0.717, 1.165) is 12.5 Å². The molecule has 17 heavy (non-hydrogen) atoms. The number of nitrogens with two attached hydrogens (primary N) is 1. The number of unbranched alkanes of at least 4 members (excludes halogenated alkanes) is 3. The molecule has 1 unspecified atom stereocenters. The molecule has 0 fully saturated rings. The van der Waals surface area contributed by atoms with Crippen molar-refractivity contribution in [3.8, 4) is 0 Å². The average Bonchev–Trinajstić information content (AvgIpc) is 2.63. The summed E-state index contributed by atoms with van der Waals surface area (Å²) in [6, 6.07) is 0. The largest absolute Gasteiger partial charge is 0.330 e. The second-order valence-electron chi connectivity index (χ2n) is 5.11. The predicted molar refractivity (Wildman–Crippen MR) is 79.2 cm³/mol. The molecule has 0 radical (unpaired) electrons. The van der Waals surface area contributed by atoms with Gasteiger partial charge in [0.15, 0.2) is 0 Å². The first-order valence-corrected chi connectivity index (χ1v) is 7.71. The standard InChI is InChI=1S/C11H20.C5H13N/c1-2-3-8-11-9-6-4-5-7-10-11;1-2-3-4-5-6/h6,9,11H,2-5,7-8,10H2,1H3;2-6H2,1H3. The van der Waals surface area contributed by atoms with Crippen LogP contribution in [0.15, 0.2) is 12.2 Å². The van der Waals surface area contributed by atoms with Crippen LogP contribution in [0.2, 0.25) is 0 Å². The van der Waals surface area contributed by atoms with E-state index in [-0.39, 0.29) is 0 Å². The fourth-order valence-corrected chi connectivity index (χ4v) is 2.15. The summed E-state index contributed by atoms with van der Waals surface area (Å²) in [5.74, 6) is 0.914. The van der Waals surface area contributed by atoms with E-state index in [1.54, 1.807) is 0 Å². The fraction of sp³-hybridized carbons (Fsp3) is 0.875. The van der Waals surface area contributed by atoms with Crippen molar-refractivity contribution in [2.45, 2.75) is 78.1 Å². The normalized spacial score (nSPS) is 19.4. The summed E-state index contributed by atoms with van der Waals surface area (Å²) in [5, 5.41) is 0. The Morgan fingerprint density at radius 1 is 1.06 bits per heavy atom. The minimum absolute atomic E-state index is 0.855. The maximum Gasteiger partial charge on any atom is -0.00773 e. The zero-order chi connectivity index (χ0) is 12.8. The van der Waals surface area contributed by atoms with Crippen LogP contribution in [-0.4, -0.2) is 6.54 Å². The molecule has 0 aromatic rings. The molecule has 1 aliphatic carbocycles. The first-order chi connectivity index (χ1) is 8.35. The molecule has 1 nitrogen and oxygen atoms in total. The third-order valence-corrected chi connectivity index (χ3v) is 3.34. The van der Waals surface area contributed by atoms with E-state index in [1.165, 1.54) is 64.2 Å². The van der Waals surface area contributed by atoms with Crippen LogP contribution in [-0.2, 0) is 0 Å². The quantitative estimate of drug-likeness (QED) is 0.509. The van der Waals surface area contributed by atoms with E-state index in [1.807, 2.05) is 0 Å². The van der Waals surface area contributed by atoms with Gasteiger partial charge < -0.3 is 5.73 Å². The third-order valence-electron chi connectivity index (χ3n) is 3.34. The van der Waals surface area contributed by atoms with Crippen molar-refractivity contribution in [2.24, 2.45) is 11.7 Å². The van der Waals surface area contributed by atoms with Gasteiger partial charge in [-0.05, 0) is 44.6 Å². The monoisotopic (exact) mass is 239 g/mol. The molecule has 0 saturated carbocycles. The van der Waals surface area contributed by atoms with Crippen LogP contribution in [0.5, 0.6) is 0 Å². The van der Waals surface area contributed by atoms with Crippen LogP contribution in [0, 0.1) is 5.92 Å². The molecule has 0 aromatic carbocycles. The van der Waals surface area contributed by atoms with Gasteiger partial charge in [0.25, 0.3) is 0 Å². The van der Waals surface area contributed by atoms with Gasteiger partial charge in [0.05, 0.1) is 0 Å². The van der Waals surface area contributed by atoms with Gasteiger partial charge in [-0.1, -0.05) is 58.1 Å². The highest BCUT2D eigenvalue weighted by Gasteiger charge is 2.05. The SMILES string of the molecule is CCCCC1C=CCCCC1.CCCCCN. The lowest BCUT2D eigenvalue weighted by atomic mass is 9.97. The number of hydrogen-bond acceptors (Lipinski definition) is 1. The van der Waals surface area contributed by atoms with E-state index in [2.05, 4.69) is 26.0 Å². The highest BCUT2D eigenvalue weighted by molar-refractivity contribution is 4.90. The van der Waals surface area contributed by atoms with Gasteiger partial charge >= 0.3 is 0 Å². The lowest BCUT2D eigenvalue weighted by molar-refractivity contribution is 0.503. The number of hydrogen-bond donors (Lipinski definition) is 1. The molecule has 0 spiro atoms. The number of rotatable bonds is 6. The Kier molecular flexibility index (Phi) is 13.5. The maximum atomic E-state index is 5.21. The van der Waals surface area contributed by atoms with Crippen molar-refractivity contribution in [1.29, 1.82) is 0 Å². The lowest BCUT2D eigenvalue weighted by Crippen LogP contribution is -1.96. The Morgan fingerprint density at radius 2 is 1.82 bits per heavy atom. The molecular formula is C16H33N. The van der Waals surface area contributed by atoms with Crippen molar-refractivity contribution in [2.75, 3.05) is 6.54 Å². The van der Waals surface area contributed by atoms with Gasteiger partial charge in [-0.2, -0.15) is 0 Å². The van der Waals surface area contributed by atoms with Crippen LogP contribution >= 0.6 is 0 Å². The van der Waals surface area contributed by atoms with Crippen molar-refractivity contribution in [1.82, 2.24) is 0 Å². The summed E-state index contributed by atoms with van der Waals surface area (Å²) in [6.45, 7) is 5.31. The van der Waals surface area contributed by atoms with Crippen molar-refractivity contribution >= 4 is 0 Å². The minimum Gasteiger partial charge on any atom is -0.330 e. The Bertz CT molecular complexity index is 159. The van der Waals surface area contributed by atoms with Crippen LogP contribution in [0.25, 0.3) is 0 Å². The molecule has 0 saturated heterocycles. The second-order valence-corrected chi connectivity index (χ2v) is 5.11. The van der Waals surface area contributed by atoms with E-state index in [4.69, 9.17) is 5.73 Å². The molecule has 1 atom stereocenters. The molecule has 1 aliphatic rings. The summed E-state index contributed by atoms with van der Waals surface area (Å²) < 4.78 is 0. The molecule has 102 valence electrons. The average molecular weight is 239 g/mol. The molecule has 0 heterocycles. The van der Waals surface area contributed by atoms with Crippen LogP contribution in [0.3, 0.4) is 0 Å². The van der Waals surface area contributed by atoms with Crippen molar-refractivity contribution in [3.63, 3.8) is 0 Å². The summed E-state index contributed by atoms with van der Waals surface area (Å²) in [7, 11) is 0. The summed E-state index contributed by atoms with van der Waals surface area (Å²) in [5.41, 5.74) is 5.21. The Morgan fingerprint density at radius 3 is 2.41 bits per heavy atom. The van der Waals surface area contributed by atoms with Gasteiger partial charge in [-0.25, -0.2) is 0 Å². The van der Waals surface area contributed by atoms with Gasteiger partial charge in [0.2, 0.25) is 0 Å². The van der Waals surface area contributed by atoms with Crippen molar-refractivity contribution in [3.05, 3.63) is 12.2 Å². The van der Waals surface area contributed by atoms with E-state index in [0.29, 0.717) is 0 Å². The zero-order valence-corrected chi connectivity index (χ0v) is 12.1.